The lowest BCUT2D eigenvalue weighted by Gasteiger charge is -2.16. The van der Waals surface area contributed by atoms with E-state index < -0.39 is 5.97 Å². The van der Waals surface area contributed by atoms with Gasteiger partial charge in [0.05, 0.1) is 5.92 Å². The lowest BCUT2D eigenvalue weighted by atomic mass is 9.99. The third-order valence-electron chi connectivity index (χ3n) is 3.43. The van der Waals surface area contributed by atoms with Crippen LogP contribution in [0.4, 0.5) is 5.82 Å². The van der Waals surface area contributed by atoms with Gasteiger partial charge >= 0.3 is 5.97 Å². The van der Waals surface area contributed by atoms with Crippen molar-refractivity contribution in [3.05, 3.63) is 18.7 Å². The normalized spacial score (nSPS) is 23.7. The van der Waals surface area contributed by atoms with Gasteiger partial charge in [-0.3, -0.25) is 9.20 Å². The number of anilines is 1. The Morgan fingerprint density at radius 3 is 3.06 bits per heavy atom. The average Bonchev–Trinajstić information content (AvgIpc) is 2.94. The molecule has 2 aromatic rings. The molecule has 3 rings (SSSR count). The number of aromatic nitrogens is 4. The summed E-state index contributed by atoms with van der Waals surface area (Å²) in [5.74, 6) is -0.300. The second-order valence-corrected chi connectivity index (χ2v) is 4.64. The highest BCUT2D eigenvalue weighted by Gasteiger charge is 2.36. The van der Waals surface area contributed by atoms with Gasteiger partial charge in [-0.1, -0.05) is 6.92 Å². The SMILES string of the molecule is C[C@H]1CN(c2nccn3cnnc23)C[C@@H]1C(=O)O. The zero-order chi connectivity index (χ0) is 12.7. The van der Waals surface area contributed by atoms with E-state index in [1.165, 1.54) is 0 Å². The zero-order valence-electron chi connectivity index (χ0n) is 9.89. The fraction of sp³-hybridized carbons (Fsp3) is 0.455. The molecule has 0 amide bonds. The maximum absolute atomic E-state index is 11.1. The summed E-state index contributed by atoms with van der Waals surface area (Å²) < 4.78 is 1.78. The Balaban J connectivity index is 1.97. The van der Waals surface area contributed by atoms with Gasteiger partial charge in [-0.15, -0.1) is 10.2 Å². The second kappa shape index (κ2) is 3.94. The van der Waals surface area contributed by atoms with Crippen LogP contribution in [-0.2, 0) is 4.79 Å². The molecule has 0 saturated carbocycles. The largest absolute Gasteiger partial charge is 0.481 e. The number of nitrogens with zero attached hydrogens (tertiary/aromatic N) is 5. The third-order valence-corrected chi connectivity index (χ3v) is 3.43. The van der Waals surface area contributed by atoms with Crippen LogP contribution < -0.4 is 4.90 Å². The lowest BCUT2D eigenvalue weighted by Crippen LogP contribution is -2.24. The molecule has 1 aliphatic heterocycles. The number of carbonyl (C=O) groups is 1. The van der Waals surface area contributed by atoms with Gasteiger partial charge in [-0.2, -0.15) is 0 Å². The predicted octanol–water partition coefficient (Wildman–Crippen LogP) is 0.281. The summed E-state index contributed by atoms with van der Waals surface area (Å²) in [5, 5.41) is 17.0. The Hall–Kier alpha value is -2.18. The molecule has 1 N–H and O–H groups in total. The standard InChI is InChI=1S/C11H13N5O2/c1-7-4-16(5-8(7)11(17)18)9-10-14-13-6-15(10)3-2-12-9/h2-3,6-8H,4-5H2,1H3,(H,17,18)/t7-,8-/m0/s1. The van der Waals surface area contributed by atoms with Crippen LogP contribution in [0.2, 0.25) is 0 Å². The number of carboxylic acids is 1. The first kappa shape index (κ1) is 10.9. The molecule has 0 bridgehead atoms. The van der Waals surface area contributed by atoms with Gasteiger partial charge in [-0.05, 0) is 5.92 Å². The maximum Gasteiger partial charge on any atom is 0.308 e. The van der Waals surface area contributed by atoms with Gasteiger partial charge in [0.25, 0.3) is 0 Å². The van der Waals surface area contributed by atoms with Crippen LogP contribution in [0.3, 0.4) is 0 Å². The van der Waals surface area contributed by atoms with Crippen LogP contribution in [0.25, 0.3) is 5.65 Å². The summed E-state index contributed by atoms with van der Waals surface area (Å²) in [7, 11) is 0. The van der Waals surface area contributed by atoms with E-state index in [-0.39, 0.29) is 11.8 Å². The summed E-state index contributed by atoms with van der Waals surface area (Å²) in [6, 6.07) is 0. The monoisotopic (exact) mass is 247 g/mol. The van der Waals surface area contributed by atoms with E-state index in [0.717, 1.165) is 0 Å². The first-order valence-electron chi connectivity index (χ1n) is 5.79. The number of rotatable bonds is 2. The second-order valence-electron chi connectivity index (χ2n) is 4.64. The van der Waals surface area contributed by atoms with E-state index in [1.54, 1.807) is 23.1 Å². The van der Waals surface area contributed by atoms with E-state index in [9.17, 15) is 4.79 Å². The summed E-state index contributed by atoms with van der Waals surface area (Å²) in [5.41, 5.74) is 0.663. The summed E-state index contributed by atoms with van der Waals surface area (Å²) in [6.07, 6.45) is 5.05. The summed E-state index contributed by atoms with van der Waals surface area (Å²) in [4.78, 5) is 17.4. The Kier molecular flexibility index (Phi) is 2.39. The molecule has 0 spiro atoms. The first-order chi connectivity index (χ1) is 8.66. The van der Waals surface area contributed by atoms with E-state index >= 15 is 0 Å². The lowest BCUT2D eigenvalue weighted by molar-refractivity contribution is -0.142. The number of hydrogen-bond donors (Lipinski definition) is 1. The number of hydrogen-bond acceptors (Lipinski definition) is 5. The Morgan fingerprint density at radius 2 is 2.33 bits per heavy atom. The fourth-order valence-corrected chi connectivity index (χ4v) is 2.43. The van der Waals surface area contributed by atoms with Crippen molar-refractivity contribution in [1.29, 1.82) is 0 Å². The molecule has 0 aromatic carbocycles. The van der Waals surface area contributed by atoms with E-state index in [0.29, 0.717) is 24.6 Å². The van der Waals surface area contributed by atoms with Crippen molar-refractivity contribution in [2.24, 2.45) is 11.8 Å². The molecule has 2 atom stereocenters. The highest BCUT2D eigenvalue weighted by atomic mass is 16.4. The van der Waals surface area contributed by atoms with Crippen molar-refractivity contribution in [2.45, 2.75) is 6.92 Å². The van der Waals surface area contributed by atoms with E-state index in [1.807, 2.05) is 11.8 Å². The van der Waals surface area contributed by atoms with Crippen molar-refractivity contribution in [2.75, 3.05) is 18.0 Å². The molecule has 7 heteroatoms. The fourth-order valence-electron chi connectivity index (χ4n) is 2.43. The molecule has 18 heavy (non-hydrogen) atoms. The minimum absolute atomic E-state index is 0.104. The minimum atomic E-state index is -0.751. The van der Waals surface area contributed by atoms with Crippen LogP contribution in [0.15, 0.2) is 18.7 Å². The highest BCUT2D eigenvalue weighted by Crippen LogP contribution is 2.28. The highest BCUT2D eigenvalue weighted by molar-refractivity contribution is 5.73. The molecule has 1 saturated heterocycles. The summed E-state index contributed by atoms with van der Waals surface area (Å²) in [6.45, 7) is 3.09. The van der Waals surface area contributed by atoms with Crippen molar-refractivity contribution < 1.29 is 9.90 Å². The topological polar surface area (TPSA) is 83.6 Å². The Bertz CT molecular complexity index is 596. The quantitative estimate of drug-likeness (QED) is 0.820. The van der Waals surface area contributed by atoms with Gasteiger partial charge in [0.1, 0.15) is 6.33 Å². The van der Waals surface area contributed by atoms with Crippen LogP contribution in [0.5, 0.6) is 0 Å². The summed E-state index contributed by atoms with van der Waals surface area (Å²) >= 11 is 0. The molecule has 3 heterocycles. The first-order valence-corrected chi connectivity index (χ1v) is 5.79. The Morgan fingerprint density at radius 1 is 1.50 bits per heavy atom. The van der Waals surface area contributed by atoms with E-state index in [4.69, 9.17) is 5.11 Å². The molecule has 2 aromatic heterocycles. The van der Waals surface area contributed by atoms with Gasteiger partial charge in [0.2, 0.25) is 5.65 Å². The molecular weight excluding hydrogens is 234 g/mol. The molecule has 7 nitrogen and oxygen atoms in total. The predicted molar refractivity (Wildman–Crippen MR) is 63.3 cm³/mol. The third kappa shape index (κ3) is 1.59. The molecule has 0 aliphatic carbocycles. The van der Waals surface area contributed by atoms with Crippen LogP contribution in [0, 0.1) is 11.8 Å². The molecule has 1 fully saturated rings. The van der Waals surface area contributed by atoms with Gasteiger partial charge < -0.3 is 10.0 Å². The van der Waals surface area contributed by atoms with Crippen molar-refractivity contribution >= 4 is 17.4 Å². The number of aliphatic carboxylic acids is 1. The van der Waals surface area contributed by atoms with Gasteiger partial charge in [0, 0.05) is 25.5 Å². The average molecular weight is 247 g/mol. The van der Waals surface area contributed by atoms with E-state index in [2.05, 4.69) is 15.2 Å². The van der Waals surface area contributed by atoms with Crippen molar-refractivity contribution in [3.8, 4) is 0 Å². The van der Waals surface area contributed by atoms with Crippen LogP contribution in [0.1, 0.15) is 6.92 Å². The minimum Gasteiger partial charge on any atom is -0.481 e. The molecule has 0 radical (unpaired) electrons. The number of fused-ring (bicyclic) bond motifs is 1. The van der Waals surface area contributed by atoms with Crippen molar-refractivity contribution in [3.63, 3.8) is 0 Å². The van der Waals surface area contributed by atoms with Crippen LogP contribution in [-0.4, -0.2) is 43.7 Å². The Labute approximate surface area is 103 Å². The number of carboxylic acid groups (broad SMARTS) is 1. The van der Waals surface area contributed by atoms with Crippen molar-refractivity contribution in [1.82, 2.24) is 19.6 Å². The molecule has 94 valence electrons. The zero-order valence-corrected chi connectivity index (χ0v) is 9.89. The maximum atomic E-state index is 11.1. The molecular formula is C11H13N5O2. The molecule has 0 unspecified atom stereocenters. The van der Waals surface area contributed by atoms with Gasteiger partial charge in [0.15, 0.2) is 5.82 Å². The van der Waals surface area contributed by atoms with Crippen LogP contribution >= 0.6 is 0 Å². The van der Waals surface area contributed by atoms with Gasteiger partial charge in [-0.25, -0.2) is 4.98 Å². The molecule has 1 aliphatic rings. The smallest absolute Gasteiger partial charge is 0.308 e.